The maximum absolute atomic E-state index is 12.6. The zero-order valence-corrected chi connectivity index (χ0v) is 15.3. The summed E-state index contributed by atoms with van der Waals surface area (Å²) in [6.45, 7) is 5.85. The number of sulfone groups is 1. The van der Waals surface area contributed by atoms with Crippen molar-refractivity contribution in [1.82, 2.24) is 5.32 Å². The van der Waals surface area contributed by atoms with Crippen LogP contribution in [0.15, 0.2) is 47.4 Å². The Labute approximate surface area is 143 Å². The van der Waals surface area contributed by atoms with Gasteiger partial charge in [-0.15, -0.1) is 0 Å². The summed E-state index contributed by atoms with van der Waals surface area (Å²) in [5.41, 5.74) is 3.53. The summed E-state index contributed by atoms with van der Waals surface area (Å²) in [6, 6.07) is 12.3. The molecule has 2 aromatic rings. The lowest BCUT2D eigenvalue weighted by Crippen LogP contribution is -2.28. The number of rotatable bonds is 5. The quantitative estimate of drug-likeness (QED) is 0.901. The highest BCUT2D eigenvalue weighted by molar-refractivity contribution is 7.90. The molecule has 0 aliphatic rings. The van der Waals surface area contributed by atoms with Crippen molar-refractivity contribution in [2.45, 2.75) is 38.1 Å². The van der Waals surface area contributed by atoms with Gasteiger partial charge in [-0.1, -0.05) is 36.8 Å². The average Bonchev–Trinajstić information content (AvgIpc) is 2.54. The van der Waals surface area contributed by atoms with Crippen molar-refractivity contribution in [3.05, 3.63) is 64.7 Å². The Kier molecular flexibility index (Phi) is 5.44. The molecule has 0 bridgehead atoms. The molecule has 128 valence electrons. The molecular formula is C19H23NO3S. The number of hydrogen-bond acceptors (Lipinski definition) is 3. The Morgan fingerprint density at radius 1 is 1.08 bits per heavy atom. The largest absolute Gasteiger partial charge is 0.345 e. The first kappa shape index (κ1) is 18.2. The van der Waals surface area contributed by atoms with Crippen molar-refractivity contribution < 1.29 is 13.2 Å². The predicted molar refractivity (Wildman–Crippen MR) is 96.0 cm³/mol. The van der Waals surface area contributed by atoms with E-state index in [1.54, 1.807) is 24.3 Å². The molecule has 0 fully saturated rings. The molecule has 2 rings (SSSR count). The number of hydrogen-bond donors (Lipinski definition) is 1. The molecule has 1 atom stereocenters. The van der Waals surface area contributed by atoms with E-state index in [1.807, 2.05) is 39.0 Å². The van der Waals surface area contributed by atoms with E-state index in [0.29, 0.717) is 5.56 Å². The Morgan fingerprint density at radius 3 is 2.25 bits per heavy atom. The van der Waals surface area contributed by atoms with Crippen molar-refractivity contribution in [2.75, 3.05) is 6.26 Å². The number of carbonyl (C=O) groups is 1. The zero-order chi connectivity index (χ0) is 17.9. The maximum Gasteiger partial charge on any atom is 0.252 e. The van der Waals surface area contributed by atoms with Crippen LogP contribution < -0.4 is 5.32 Å². The summed E-state index contributed by atoms with van der Waals surface area (Å²) in [5, 5.41) is 3.04. The first-order valence-electron chi connectivity index (χ1n) is 7.90. The van der Waals surface area contributed by atoms with Crippen LogP contribution in [-0.2, 0) is 9.84 Å². The van der Waals surface area contributed by atoms with Gasteiger partial charge in [-0.3, -0.25) is 4.79 Å². The Hall–Kier alpha value is -2.14. The monoisotopic (exact) mass is 345 g/mol. The van der Waals surface area contributed by atoms with Crippen LogP contribution in [0.5, 0.6) is 0 Å². The topological polar surface area (TPSA) is 63.2 Å². The van der Waals surface area contributed by atoms with E-state index in [2.05, 4.69) is 5.32 Å². The summed E-state index contributed by atoms with van der Waals surface area (Å²) in [5.74, 6) is -0.116. The van der Waals surface area contributed by atoms with Gasteiger partial charge < -0.3 is 5.32 Å². The second-order valence-corrected chi connectivity index (χ2v) is 8.11. The van der Waals surface area contributed by atoms with Gasteiger partial charge in [0.15, 0.2) is 9.84 Å². The van der Waals surface area contributed by atoms with E-state index in [9.17, 15) is 13.2 Å². The van der Waals surface area contributed by atoms with E-state index in [1.165, 1.54) is 6.26 Å². The molecule has 0 saturated carbocycles. The molecule has 1 N–H and O–H groups in total. The van der Waals surface area contributed by atoms with Gasteiger partial charge in [-0.25, -0.2) is 8.42 Å². The average molecular weight is 345 g/mol. The molecule has 0 heterocycles. The number of nitrogens with one attached hydrogen (secondary N) is 1. The molecule has 1 amide bonds. The molecule has 0 unspecified atom stereocenters. The van der Waals surface area contributed by atoms with Crippen LogP contribution in [0.3, 0.4) is 0 Å². The lowest BCUT2D eigenvalue weighted by molar-refractivity contribution is 0.0935. The number of amides is 1. The lowest BCUT2D eigenvalue weighted by atomic mass is 10.0. The van der Waals surface area contributed by atoms with Gasteiger partial charge in [0.1, 0.15) is 0 Å². The van der Waals surface area contributed by atoms with Gasteiger partial charge >= 0.3 is 0 Å². The first-order valence-corrected chi connectivity index (χ1v) is 9.79. The summed E-state index contributed by atoms with van der Waals surface area (Å²) < 4.78 is 23.1. The highest BCUT2D eigenvalue weighted by Gasteiger charge is 2.16. The third-order valence-corrected chi connectivity index (χ3v) is 5.19. The maximum atomic E-state index is 12.6. The summed E-state index contributed by atoms with van der Waals surface area (Å²) in [6.07, 6.45) is 1.90. The molecular weight excluding hydrogens is 322 g/mol. The first-order chi connectivity index (χ1) is 11.2. The van der Waals surface area contributed by atoms with Crippen molar-refractivity contribution in [3.8, 4) is 0 Å². The summed E-state index contributed by atoms with van der Waals surface area (Å²) in [7, 11) is -3.22. The Balaban J connectivity index is 2.23. The van der Waals surface area contributed by atoms with Crippen LogP contribution in [0.4, 0.5) is 0 Å². The second kappa shape index (κ2) is 7.18. The third kappa shape index (κ3) is 4.23. The normalized spacial score (nSPS) is 12.7. The van der Waals surface area contributed by atoms with Crippen molar-refractivity contribution in [1.29, 1.82) is 0 Å². The Morgan fingerprint density at radius 2 is 1.71 bits per heavy atom. The molecule has 0 spiro atoms. The van der Waals surface area contributed by atoms with E-state index >= 15 is 0 Å². The molecule has 0 aromatic heterocycles. The van der Waals surface area contributed by atoms with Crippen molar-refractivity contribution >= 4 is 15.7 Å². The van der Waals surface area contributed by atoms with E-state index in [4.69, 9.17) is 0 Å². The van der Waals surface area contributed by atoms with Gasteiger partial charge in [-0.05, 0) is 49.6 Å². The molecule has 24 heavy (non-hydrogen) atoms. The fraction of sp³-hybridized carbons (Fsp3) is 0.316. The minimum atomic E-state index is -3.22. The fourth-order valence-corrected chi connectivity index (χ4v) is 3.22. The van der Waals surface area contributed by atoms with Crippen LogP contribution in [0.2, 0.25) is 0 Å². The standard InChI is InChI=1S/C19H23NO3S/c1-5-18(15-8-10-16(11-9-15)24(4,22)23)20-19(21)17-12-13(2)6-7-14(17)3/h6-12,18H,5H2,1-4H3,(H,20,21)/t18-/m1/s1. The fourth-order valence-electron chi connectivity index (χ4n) is 2.58. The summed E-state index contributed by atoms with van der Waals surface area (Å²) in [4.78, 5) is 12.9. The Bertz CT molecular complexity index is 839. The summed E-state index contributed by atoms with van der Waals surface area (Å²) >= 11 is 0. The van der Waals surface area contributed by atoms with Gasteiger partial charge in [0.05, 0.1) is 10.9 Å². The van der Waals surface area contributed by atoms with Crippen LogP contribution in [0.1, 0.15) is 46.4 Å². The van der Waals surface area contributed by atoms with Gasteiger partial charge in [0.25, 0.3) is 5.91 Å². The minimum Gasteiger partial charge on any atom is -0.345 e. The molecule has 0 saturated heterocycles. The van der Waals surface area contributed by atoms with E-state index in [0.717, 1.165) is 23.1 Å². The van der Waals surface area contributed by atoms with Gasteiger partial charge in [0, 0.05) is 11.8 Å². The molecule has 4 nitrogen and oxygen atoms in total. The minimum absolute atomic E-state index is 0.116. The molecule has 0 radical (unpaired) electrons. The van der Waals surface area contributed by atoms with Crippen molar-refractivity contribution in [3.63, 3.8) is 0 Å². The number of carbonyl (C=O) groups excluding carboxylic acids is 1. The second-order valence-electron chi connectivity index (χ2n) is 6.09. The molecule has 5 heteroatoms. The van der Waals surface area contributed by atoms with E-state index in [-0.39, 0.29) is 16.8 Å². The van der Waals surface area contributed by atoms with Crippen molar-refractivity contribution in [2.24, 2.45) is 0 Å². The number of aryl methyl sites for hydroxylation is 2. The van der Waals surface area contributed by atoms with Gasteiger partial charge in [-0.2, -0.15) is 0 Å². The predicted octanol–water partition coefficient (Wildman–Crippen LogP) is 3.59. The highest BCUT2D eigenvalue weighted by atomic mass is 32.2. The SMILES string of the molecule is CC[C@@H](NC(=O)c1cc(C)ccc1C)c1ccc(S(C)(=O)=O)cc1. The van der Waals surface area contributed by atoms with E-state index < -0.39 is 9.84 Å². The van der Waals surface area contributed by atoms with Crippen LogP contribution in [-0.4, -0.2) is 20.6 Å². The van der Waals surface area contributed by atoms with Crippen LogP contribution in [0.25, 0.3) is 0 Å². The molecule has 0 aliphatic carbocycles. The third-order valence-electron chi connectivity index (χ3n) is 4.06. The highest BCUT2D eigenvalue weighted by Crippen LogP contribution is 2.20. The smallest absolute Gasteiger partial charge is 0.252 e. The van der Waals surface area contributed by atoms with Gasteiger partial charge in [0.2, 0.25) is 0 Å². The van der Waals surface area contributed by atoms with Crippen LogP contribution in [0, 0.1) is 13.8 Å². The zero-order valence-electron chi connectivity index (χ0n) is 14.5. The molecule has 2 aromatic carbocycles. The lowest BCUT2D eigenvalue weighted by Gasteiger charge is -2.19. The number of benzene rings is 2. The molecule has 0 aliphatic heterocycles. The van der Waals surface area contributed by atoms with Crippen LogP contribution >= 0.6 is 0 Å².